The van der Waals surface area contributed by atoms with Crippen LogP contribution in [0, 0.1) is 0 Å². The van der Waals surface area contributed by atoms with Crippen molar-refractivity contribution in [2.75, 3.05) is 31.6 Å². The van der Waals surface area contributed by atoms with E-state index in [2.05, 4.69) is 40.9 Å². The lowest BCUT2D eigenvalue weighted by molar-refractivity contribution is 0.274. The van der Waals surface area contributed by atoms with Crippen LogP contribution in [-0.2, 0) is 0 Å². The second-order valence-electron chi connectivity index (χ2n) is 5.04. The molecule has 0 saturated carbocycles. The normalized spacial score (nSPS) is 23.8. The van der Waals surface area contributed by atoms with Crippen LogP contribution in [-0.4, -0.2) is 42.6 Å². The van der Waals surface area contributed by atoms with E-state index in [1.54, 1.807) is 0 Å². The average Bonchev–Trinajstić information content (AvgIpc) is 2.29. The Bertz CT molecular complexity index is 360. The van der Waals surface area contributed by atoms with Gasteiger partial charge in [0.1, 0.15) is 5.82 Å². The van der Waals surface area contributed by atoms with Gasteiger partial charge < -0.3 is 15.5 Å². The van der Waals surface area contributed by atoms with Crippen LogP contribution in [0.1, 0.15) is 25.5 Å². The third kappa shape index (κ3) is 2.76. The van der Waals surface area contributed by atoms with Crippen LogP contribution in [0.15, 0.2) is 18.3 Å². The number of pyridine rings is 1. The highest BCUT2D eigenvalue weighted by molar-refractivity contribution is 5.41. The van der Waals surface area contributed by atoms with Crippen molar-refractivity contribution < 1.29 is 0 Å². The average molecular weight is 234 g/mol. The van der Waals surface area contributed by atoms with Gasteiger partial charge in [-0.25, -0.2) is 4.98 Å². The van der Waals surface area contributed by atoms with Crippen LogP contribution in [0.5, 0.6) is 0 Å². The highest BCUT2D eigenvalue weighted by Crippen LogP contribution is 2.19. The molecule has 1 saturated heterocycles. The van der Waals surface area contributed by atoms with Crippen LogP contribution >= 0.6 is 0 Å². The molecule has 17 heavy (non-hydrogen) atoms. The predicted octanol–water partition coefficient (Wildman–Crippen LogP) is 1.24. The van der Waals surface area contributed by atoms with Crippen molar-refractivity contribution in [3.05, 3.63) is 23.9 Å². The largest absolute Gasteiger partial charge is 0.351 e. The second-order valence-corrected chi connectivity index (χ2v) is 5.04. The number of aromatic nitrogens is 1. The molecule has 4 heteroatoms. The van der Waals surface area contributed by atoms with E-state index < -0.39 is 0 Å². The summed E-state index contributed by atoms with van der Waals surface area (Å²) in [5.74, 6) is 1.06. The van der Waals surface area contributed by atoms with E-state index in [-0.39, 0.29) is 6.04 Å². The first-order valence-electron chi connectivity index (χ1n) is 6.24. The van der Waals surface area contributed by atoms with E-state index >= 15 is 0 Å². The molecular weight excluding hydrogens is 212 g/mol. The molecule has 0 radical (unpaired) electrons. The first kappa shape index (κ1) is 12.3. The molecule has 1 aromatic rings. The minimum absolute atomic E-state index is 0.0569. The molecule has 0 spiro atoms. The molecule has 2 atom stereocenters. The fraction of sp³-hybridized carbons (Fsp3) is 0.615. The summed E-state index contributed by atoms with van der Waals surface area (Å²) >= 11 is 0. The van der Waals surface area contributed by atoms with Gasteiger partial charge in [-0.1, -0.05) is 6.07 Å². The zero-order valence-corrected chi connectivity index (χ0v) is 10.9. The van der Waals surface area contributed by atoms with Crippen molar-refractivity contribution in [1.82, 2.24) is 9.88 Å². The van der Waals surface area contributed by atoms with E-state index in [1.807, 2.05) is 13.1 Å². The van der Waals surface area contributed by atoms with Gasteiger partial charge in [0.25, 0.3) is 0 Å². The molecule has 4 nitrogen and oxygen atoms in total. The lowest BCUT2D eigenvalue weighted by atomic mass is 10.1. The number of rotatable bonds is 2. The molecule has 0 aromatic carbocycles. The molecular formula is C13H22N4. The number of likely N-dealkylation sites (N-methyl/N-ethyl adjacent to an activating group) is 1. The van der Waals surface area contributed by atoms with Crippen LogP contribution in [0.4, 0.5) is 5.82 Å². The van der Waals surface area contributed by atoms with Gasteiger partial charge in [0.15, 0.2) is 0 Å². The van der Waals surface area contributed by atoms with Crippen molar-refractivity contribution in [2.24, 2.45) is 5.73 Å². The Morgan fingerprint density at radius 3 is 2.71 bits per heavy atom. The molecule has 2 N–H and O–H groups in total. The fourth-order valence-electron chi connectivity index (χ4n) is 2.32. The summed E-state index contributed by atoms with van der Waals surface area (Å²) in [7, 11) is 2.17. The van der Waals surface area contributed by atoms with E-state index in [0.717, 1.165) is 31.0 Å². The summed E-state index contributed by atoms with van der Waals surface area (Å²) < 4.78 is 0. The lowest BCUT2D eigenvalue weighted by Crippen LogP contribution is -2.50. The molecule has 0 amide bonds. The number of piperazine rings is 1. The van der Waals surface area contributed by atoms with Crippen LogP contribution in [0.3, 0.4) is 0 Å². The molecule has 1 fully saturated rings. The molecule has 0 bridgehead atoms. The zero-order valence-electron chi connectivity index (χ0n) is 10.9. The van der Waals surface area contributed by atoms with Crippen LogP contribution in [0.25, 0.3) is 0 Å². The molecule has 1 aliphatic heterocycles. The molecule has 2 unspecified atom stereocenters. The van der Waals surface area contributed by atoms with Gasteiger partial charge in [-0.2, -0.15) is 0 Å². The summed E-state index contributed by atoms with van der Waals surface area (Å²) in [5.41, 5.74) is 6.92. The molecule has 1 aliphatic rings. The molecule has 2 rings (SSSR count). The van der Waals surface area contributed by atoms with Gasteiger partial charge in [0.2, 0.25) is 0 Å². The quantitative estimate of drug-likeness (QED) is 0.836. The monoisotopic (exact) mass is 234 g/mol. The Kier molecular flexibility index (Phi) is 3.64. The van der Waals surface area contributed by atoms with Crippen molar-refractivity contribution in [2.45, 2.75) is 25.9 Å². The van der Waals surface area contributed by atoms with Crippen molar-refractivity contribution in [3.8, 4) is 0 Å². The first-order valence-corrected chi connectivity index (χ1v) is 6.24. The summed E-state index contributed by atoms with van der Waals surface area (Å²) in [5, 5.41) is 0. The van der Waals surface area contributed by atoms with E-state index in [9.17, 15) is 0 Å². The third-order valence-corrected chi connectivity index (χ3v) is 3.42. The standard InChI is InChI=1S/C13H22N4/c1-10-9-16(3)6-7-17(10)13-5-4-12(8-15-13)11(2)14/h4-5,8,10-11H,6-7,9,14H2,1-3H3. The van der Waals surface area contributed by atoms with Gasteiger partial charge in [0, 0.05) is 37.9 Å². The number of nitrogens with two attached hydrogens (primary N) is 1. The minimum atomic E-state index is 0.0569. The van der Waals surface area contributed by atoms with Gasteiger partial charge in [-0.3, -0.25) is 0 Å². The number of hydrogen-bond acceptors (Lipinski definition) is 4. The number of anilines is 1. The Morgan fingerprint density at radius 1 is 1.41 bits per heavy atom. The zero-order chi connectivity index (χ0) is 12.4. The molecule has 2 heterocycles. The second kappa shape index (κ2) is 5.02. The van der Waals surface area contributed by atoms with Gasteiger partial charge in [-0.15, -0.1) is 0 Å². The van der Waals surface area contributed by atoms with Crippen molar-refractivity contribution in [3.63, 3.8) is 0 Å². The Balaban J connectivity index is 2.11. The van der Waals surface area contributed by atoms with E-state index in [0.29, 0.717) is 6.04 Å². The molecule has 0 aliphatic carbocycles. The number of hydrogen-bond donors (Lipinski definition) is 1. The van der Waals surface area contributed by atoms with Gasteiger partial charge in [-0.05, 0) is 32.5 Å². The minimum Gasteiger partial charge on any atom is -0.351 e. The maximum Gasteiger partial charge on any atom is 0.128 e. The lowest BCUT2D eigenvalue weighted by Gasteiger charge is -2.39. The fourth-order valence-corrected chi connectivity index (χ4v) is 2.32. The maximum atomic E-state index is 5.83. The van der Waals surface area contributed by atoms with Crippen LogP contribution in [0.2, 0.25) is 0 Å². The Morgan fingerprint density at radius 2 is 2.18 bits per heavy atom. The van der Waals surface area contributed by atoms with E-state index in [1.165, 1.54) is 0 Å². The predicted molar refractivity (Wildman–Crippen MR) is 71.1 cm³/mol. The van der Waals surface area contributed by atoms with Crippen LogP contribution < -0.4 is 10.6 Å². The molecule has 94 valence electrons. The third-order valence-electron chi connectivity index (χ3n) is 3.42. The first-order chi connectivity index (χ1) is 8.08. The summed E-state index contributed by atoms with van der Waals surface area (Å²) in [4.78, 5) is 9.25. The maximum absolute atomic E-state index is 5.83. The number of nitrogens with zero attached hydrogens (tertiary/aromatic N) is 3. The van der Waals surface area contributed by atoms with Crippen molar-refractivity contribution in [1.29, 1.82) is 0 Å². The van der Waals surface area contributed by atoms with Gasteiger partial charge in [0.05, 0.1) is 0 Å². The highest BCUT2D eigenvalue weighted by Gasteiger charge is 2.22. The van der Waals surface area contributed by atoms with Crippen molar-refractivity contribution >= 4 is 5.82 Å². The SMILES string of the molecule is CC(N)c1ccc(N2CCN(C)CC2C)nc1. The summed E-state index contributed by atoms with van der Waals surface area (Å²) in [6.45, 7) is 7.46. The molecule has 1 aromatic heterocycles. The van der Waals surface area contributed by atoms with E-state index in [4.69, 9.17) is 5.73 Å². The summed E-state index contributed by atoms with van der Waals surface area (Å²) in [6, 6.07) is 4.74. The smallest absolute Gasteiger partial charge is 0.128 e. The Hall–Kier alpha value is -1.13. The van der Waals surface area contributed by atoms with Gasteiger partial charge >= 0.3 is 0 Å². The Labute approximate surface area is 103 Å². The topological polar surface area (TPSA) is 45.4 Å². The highest BCUT2D eigenvalue weighted by atomic mass is 15.3. The summed E-state index contributed by atoms with van der Waals surface area (Å²) in [6.07, 6.45) is 1.89.